The van der Waals surface area contributed by atoms with Gasteiger partial charge < -0.3 is 24.3 Å². The van der Waals surface area contributed by atoms with Crippen LogP contribution in [0.1, 0.15) is 27.7 Å². The molecule has 0 atom stereocenters. The van der Waals surface area contributed by atoms with Gasteiger partial charge in [0.1, 0.15) is 0 Å². The number of aromatic nitrogens is 2. The monoisotopic (exact) mass is 334 g/mol. The van der Waals surface area contributed by atoms with Crippen LogP contribution in [0.15, 0.2) is 12.4 Å². The van der Waals surface area contributed by atoms with Gasteiger partial charge in [0, 0.05) is 44.0 Å². The Bertz CT molecular complexity index is 586. The van der Waals surface area contributed by atoms with E-state index in [1.807, 2.05) is 27.7 Å². The van der Waals surface area contributed by atoms with Crippen molar-refractivity contribution in [3.8, 4) is 6.01 Å². The highest BCUT2D eigenvalue weighted by atomic mass is 16.7. The lowest BCUT2D eigenvalue weighted by molar-refractivity contribution is 0.00578. The van der Waals surface area contributed by atoms with Crippen molar-refractivity contribution in [1.82, 2.24) is 20.2 Å². The number of hydrogen-bond acceptors (Lipinski definition) is 7. The van der Waals surface area contributed by atoms with Crippen molar-refractivity contribution in [3.63, 3.8) is 0 Å². The first kappa shape index (κ1) is 17.1. The summed E-state index contributed by atoms with van der Waals surface area (Å²) in [5.41, 5.74) is -0.161. The number of carbonyl (C=O) groups is 1. The molecule has 1 aromatic rings. The van der Waals surface area contributed by atoms with Crippen molar-refractivity contribution in [1.29, 1.82) is 0 Å². The van der Waals surface area contributed by atoms with Gasteiger partial charge in [-0.3, -0.25) is 0 Å². The van der Waals surface area contributed by atoms with Gasteiger partial charge in [0.2, 0.25) is 0 Å². The Morgan fingerprint density at radius 1 is 1.17 bits per heavy atom. The van der Waals surface area contributed by atoms with Crippen LogP contribution in [0.25, 0.3) is 0 Å². The summed E-state index contributed by atoms with van der Waals surface area (Å²) in [6.07, 6.45) is 2.70. The van der Waals surface area contributed by atoms with Gasteiger partial charge in [0.05, 0.1) is 11.2 Å². The van der Waals surface area contributed by atoms with E-state index in [9.17, 15) is 4.79 Å². The summed E-state index contributed by atoms with van der Waals surface area (Å²) in [6, 6.07) is 0.0267. The molecule has 24 heavy (non-hydrogen) atoms. The molecule has 0 aromatic carbocycles. The number of nitrogens with zero attached hydrogens (tertiary/aromatic N) is 3. The summed E-state index contributed by atoms with van der Waals surface area (Å²) in [6.45, 7) is 10.7. The lowest BCUT2D eigenvalue weighted by Crippen LogP contribution is -2.47. The minimum absolute atomic E-state index is 0.0267. The molecule has 3 heterocycles. The van der Waals surface area contributed by atoms with E-state index in [2.05, 4.69) is 15.3 Å². The summed E-state index contributed by atoms with van der Waals surface area (Å²) in [7, 11) is -0.534. The summed E-state index contributed by atoms with van der Waals surface area (Å²) in [5, 5.41) is 3.18. The van der Waals surface area contributed by atoms with E-state index in [0.29, 0.717) is 18.6 Å². The smallest absolute Gasteiger partial charge is 0.399 e. The molecule has 0 spiro atoms. The van der Waals surface area contributed by atoms with Gasteiger partial charge in [-0.1, -0.05) is 0 Å². The molecule has 1 aromatic heterocycles. The Kier molecular flexibility index (Phi) is 4.50. The zero-order chi connectivity index (χ0) is 17.4. The lowest BCUT2D eigenvalue weighted by Gasteiger charge is -2.32. The number of carbonyl (C=O) groups excluding carboxylic acids is 1. The Hall–Kier alpha value is -1.71. The molecule has 9 heteroatoms. The number of piperazine rings is 1. The number of nitrogens with one attached hydrogen (secondary N) is 1. The molecule has 0 aliphatic carbocycles. The van der Waals surface area contributed by atoms with Crippen molar-refractivity contribution in [2.24, 2.45) is 0 Å². The molecule has 8 nitrogen and oxygen atoms in total. The number of amides is 1. The van der Waals surface area contributed by atoms with Crippen LogP contribution in [0, 0.1) is 0 Å². The standard InChI is InChI=1S/C15H23BN4O4/c1-14(2)15(3,4)24-16(23-14)11-9-18-12(19-10-11)22-13(21)20-7-5-17-6-8-20/h9-10,17H,5-8H2,1-4H3. The maximum Gasteiger partial charge on any atom is 0.498 e. The van der Waals surface area contributed by atoms with Gasteiger partial charge in [-0.05, 0) is 27.7 Å². The van der Waals surface area contributed by atoms with E-state index in [0.717, 1.165) is 13.1 Å². The second kappa shape index (κ2) is 6.31. The fourth-order valence-electron chi connectivity index (χ4n) is 2.47. The molecule has 2 saturated heterocycles. The maximum atomic E-state index is 12.0. The number of hydrogen-bond donors (Lipinski definition) is 1. The van der Waals surface area contributed by atoms with Crippen molar-refractivity contribution in [2.45, 2.75) is 38.9 Å². The van der Waals surface area contributed by atoms with Crippen molar-refractivity contribution >= 4 is 18.7 Å². The van der Waals surface area contributed by atoms with E-state index in [1.54, 1.807) is 17.3 Å². The largest absolute Gasteiger partial charge is 0.498 e. The molecule has 0 saturated carbocycles. The summed E-state index contributed by atoms with van der Waals surface area (Å²) in [4.78, 5) is 21.8. The molecule has 1 N–H and O–H groups in total. The molecule has 130 valence electrons. The molecule has 2 aliphatic heterocycles. The molecule has 0 bridgehead atoms. The second-order valence-corrected chi connectivity index (χ2v) is 6.99. The van der Waals surface area contributed by atoms with E-state index in [-0.39, 0.29) is 6.01 Å². The fraction of sp³-hybridized carbons (Fsp3) is 0.667. The molecule has 0 unspecified atom stereocenters. The van der Waals surface area contributed by atoms with Gasteiger partial charge in [-0.2, -0.15) is 0 Å². The first-order valence-electron chi connectivity index (χ1n) is 8.13. The third kappa shape index (κ3) is 3.38. The highest BCUT2D eigenvalue weighted by Gasteiger charge is 2.52. The fourth-order valence-corrected chi connectivity index (χ4v) is 2.47. The van der Waals surface area contributed by atoms with Gasteiger partial charge in [-0.25, -0.2) is 14.8 Å². The number of rotatable bonds is 2. The van der Waals surface area contributed by atoms with E-state index >= 15 is 0 Å². The Morgan fingerprint density at radius 2 is 1.71 bits per heavy atom. The molecule has 1 amide bonds. The summed E-state index contributed by atoms with van der Waals surface area (Å²) < 4.78 is 17.1. The van der Waals surface area contributed by atoms with Crippen LogP contribution in [0.2, 0.25) is 0 Å². The van der Waals surface area contributed by atoms with Gasteiger partial charge >= 0.3 is 19.2 Å². The van der Waals surface area contributed by atoms with E-state index < -0.39 is 24.4 Å². The van der Waals surface area contributed by atoms with Crippen LogP contribution in [0.4, 0.5) is 4.79 Å². The quantitative estimate of drug-likeness (QED) is 0.772. The minimum atomic E-state index is -0.534. The zero-order valence-electron chi connectivity index (χ0n) is 14.5. The van der Waals surface area contributed by atoms with Crippen molar-refractivity contribution < 1.29 is 18.8 Å². The Balaban J connectivity index is 1.63. The van der Waals surface area contributed by atoms with Crippen LogP contribution in [0.3, 0.4) is 0 Å². The average molecular weight is 334 g/mol. The minimum Gasteiger partial charge on any atom is -0.399 e. The van der Waals surface area contributed by atoms with Gasteiger partial charge in [0.25, 0.3) is 0 Å². The Morgan fingerprint density at radius 3 is 2.25 bits per heavy atom. The molecular formula is C15H23BN4O4. The first-order chi connectivity index (χ1) is 11.3. The highest BCUT2D eigenvalue weighted by Crippen LogP contribution is 2.36. The predicted molar refractivity (Wildman–Crippen MR) is 88.2 cm³/mol. The molecular weight excluding hydrogens is 311 g/mol. The third-order valence-electron chi connectivity index (χ3n) is 4.73. The first-order valence-corrected chi connectivity index (χ1v) is 8.13. The second-order valence-electron chi connectivity index (χ2n) is 6.99. The van der Waals surface area contributed by atoms with Crippen molar-refractivity contribution in [2.75, 3.05) is 26.2 Å². The third-order valence-corrected chi connectivity index (χ3v) is 4.73. The zero-order valence-corrected chi connectivity index (χ0v) is 14.5. The SMILES string of the molecule is CC1(C)OB(c2cnc(OC(=O)N3CCNCC3)nc2)OC1(C)C. The molecule has 2 aliphatic rings. The van der Waals surface area contributed by atoms with Crippen LogP contribution in [-0.2, 0) is 9.31 Å². The van der Waals surface area contributed by atoms with Gasteiger partial charge in [-0.15, -0.1) is 0 Å². The van der Waals surface area contributed by atoms with Gasteiger partial charge in [0.15, 0.2) is 0 Å². The molecule has 0 radical (unpaired) electrons. The lowest BCUT2D eigenvalue weighted by atomic mass is 9.81. The highest BCUT2D eigenvalue weighted by molar-refractivity contribution is 6.61. The predicted octanol–water partition coefficient (Wildman–Crippen LogP) is 0.180. The van der Waals surface area contributed by atoms with Crippen molar-refractivity contribution in [3.05, 3.63) is 12.4 Å². The van der Waals surface area contributed by atoms with Crippen LogP contribution in [0.5, 0.6) is 6.01 Å². The topological polar surface area (TPSA) is 85.8 Å². The normalized spacial score (nSPS) is 22.5. The maximum absolute atomic E-state index is 12.0. The van der Waals surface area contributed by atoms with E-state index in [1.165, 1.54) is 0 Å². The summed E-state index contributed by atoms with van der Waals surface area (Å²) >= 11 is 0. The Labute approximate surface area is 142 Å². The summed E-state index contributed by atoms with van der Waals surface area (Å²) in [5.74, 6) is 0. The van der Waals surface area contributed by atoms with Crippen LogP contribution < -0.4 is 15.5 Å². The molecule has 2 fully saturated rings. The number of ether oxygens (including phenoxy) is 1. The van der Waals surface area contributed by atoms with Crippen LogP contribution in [-0.4, -0.2) is 65.5 Å². The molecule has 3 rings (SSSR count). The van der Waals surface area contributed by atoms with Crippen LogP contribution >= 0.6 is 0 Å². The average Bonchev–Trinajstić information content (AvgIpc) is 2.77. The van der Waals surface area contributed by atoms with E-state index in [4.69, 9.17) is 14.0 Å².